The van der Waals surface area contributed by atoms with Crippen LogP contribution in [0.2, 0.25) is 0 Å². The number of aromatic nitrogens is 1. The van der Waals surface area contributed by atoms with Crippen LogP contribution in [0.15, 0.2) is 24.3 Å². The first-order chi connectivity index (χ1) is 12.2. The van der Waals surface area contributed by atoms with Crippen molar-refractivity contribution in [3.8, 4) is 5.75 Å². The van der Waals surface area contributed by atoms with Crippen LogP contribution in [0.4, 0.5) is 5.13 Å². The lowest BCUT2D eigenvalue weighted by Gasteiger charge is -2.09. The van der Waals surface area contributed by atoms with Crippen LogP contribution in [0.25, 0.3) is 0 Å². The minimum atomic E-state index is -0.119. The van der Waals surface area contributed by atoms with Crippen molar-refractivity contribution < 1.29 is 14.3 Å². The number of hydrogen-bond acceptors (Lipinski definition) is 6. The molecule has 0 radical (unpaired) electrons. The van der Waals surface area contributed by atoms with Crippen molar-refractivity contribution >= 4 is 22.4 Å². The van der Waals surface area contributed by atoms with Crippen LogP contribution in [0.5, 0.6) is 5.75 Å². The number of nitrogens with one attached hydrogen (secondary N) is 2. The molecular weight excluding hydrogens is 338 g/mol. The second-order valence-corrected chi connectivity index (χ2v) is 6.94. The van der Waals surface area contributed by atoms with E-state index < -0.39 is 0 Å². The summed E-state index contributed by atoms with van der Waals surface area (Å²) in [5.74, 6) is 0.647. The van der Waals surface area contributed by atoms with Crippen LogP contribution >= 0.6 is 11.3 Å². The molecule has 1 aliphatic heterocycles. The van der Waals surface area contributed by atoms with Crippen LogP contribution in [-0.4, -0.2) is 37.3 Å². The topological polar surface area (TPSA) is 72.5 Å². The summed E-state index contributed by atoms with van der Waals surface area (Å²) in [6.45, 7) is 3.83. The maximum Gasteiger partial charge on any atom is 0.263 e. The summed E-state index contributed by atoms with van der Waals surface area (Å²) in [6, 6.07) is 7.65. The molecule has 0 saturated carbocycles. The molecular formula is C18H23N3O3S. The van der Waals surface area contributed by atoms with E-state index in [9.17, 15) is 4.79 Å². The lowest BCUT2D eigenvalue weighted by Crippen LogP contribution is -2.22. The molecule has 134 valence electrons. The summed E-state index contributed by atoms with van der Waals surface area (Å²) in [5.41, 5.74) is 1.68. The Hall–Kier alpha value is -2.12. The van der Waals surface area contributed by atoms with Crippen molar-refractivity contribution in [2.24, 2.45) is 0 Å². The molecule has 2 heterocycles. The molecule has 25 heavy (non-hydrogen) atoms. The van der Waals surface area contributed by atoms with E-state index in [0.29, 0.717) is 11.4 Å². The maximum absolute atomic E-state index is 12.5. The van der Waals surface area contributed by atoms with Gasteiger partial charge in [-0.2, -0.15) is 0 Å². The van der Waals surface area contributed by atoms with Crippen molar-refractivity contribution in [1.29, 1.82) is 0 Å². The normalized spacial score (nSPS) is 16.6. The van der Waals surface area contributed by atoms with Crippen molar-refractivity contribution in [3.63, 3.8) is 0 Å². The number of amides is 1. The number of benzene rings is 1. The van der Waals surface area contributed by atoms with Gasteiger partial charge in [0, 0.05) is 25.3 Å². The van der Waals surface area contributed by atoms with Gasteiger partial charge in [-0.05, 0) is 25.8 Å². The Morgan fingerprint density at radius 1 is 1.44 bits per heavy atom. The van der Waals surface area contributed by atoms with Gasteiger partial charge in [-0.3, -0.25) is 4.79 Å². The van der Waals surface area contributed by atoms with Gasteiger partial charge in [-0.15, -0.1) is 0 Å². The van der Waals surface area contributed by atoms with Crippen LogP contribution in [0, 0.1) is 6.92 Å². The Kier molecular flexibility index (Phi) is 5.88. The highest BCUT2D eigenvalue weighted by Gasteiger charge is 2.18. The van der Waals surface area contributed by atoms with E-state index in [2.05, 4.69) is 15.6 Å². The van der Waals surface area contributed by atoms with Gasteiger partial charge < -0.3 is 20.1 Å². The Balaban J connectivity index is 1.58. The van der Waals surface area contributed by atoms with Gasteiger partial charge in [-0.25, -0.2) is 4.98 Å². The van der Waals surface area contributed by atoms with Crippen LogP contribution in [0.3, 0.4) is 0 Å². The Morgan fingerprint density at radius 2 is 2.28 bits per heavy atom. The highest BCUT2D eigenvalue weighted by molar-refractivity contribution is 7.17. The lowest BCUT2D eigenvalue weighted by molar-refractivity contribution is 0.0954. The predicted molar refractivity (Wildman–Crippen MR) is 98.5 cm³/mol. The number of rotatable bonds is 7. The fourth-order valence-corrected chi connectivity index (χ4v) is 3.68. The average Bonchev–Trinajstić information content (AvgIpc) is 3.27. The summed E-state index contributed by atoms with van der Waals surface area (Å²) < 4.78 is 10.9. The van der Waals surface area contributed by atoms with Gasteiger partial charge in [-0.1, -0.05) is 29.5 Å². The average molecular weight is 361 g/mol. The molecule has 0 aliphatic carbocycles. The number of para-hydroxylation sites is 1. The number of ether oxygens (including phenoxy) is 2. The minimum absolute atomic E-state index is 0.119. The summed E-state index contributed by atoms with van der Waals surface area (Å²) in [7, 11) is 1.63. The summed E-state index contributed by atoms with van der Waals surface area (Å²) in [4.78, 5) is 17.6. The fraction of sp³-hybridized carbons (Fsp3) is 0.444. The van der Waals surface area contributed by atoms with E-state index in [1.165, 1.54) is 11.3 Å². The number of methoxy groups -OCH3 is 1. The second kappa shape index (κ2) is 8.31. The minimum Gasteiger partial charge on any atom is -0.496 e. The molecule has 1 aromatic heterocycles. The number of aryl methyl sites for hydroxylation is 1. The second-order valence-electron chi connectivity index (χ2n) is 5.94. The quantitative estimate of drug-likeness (QED) is 0.793. The van der Waals surface area contributed by atoms with Gasteiger partial charge >= 0.3 is 0 Å². The highest BCUT2D eigenvalue weighted by Crippen LogP contribution is 2.24. The fourth-order valence-electron chi connectivity index (χ4n) is 2.79. The molecule has 1 aliphatic rings. The molecule has 1 atom stereocenters. The van der Waals surface area contributed by atoms with Crippen LogP contribution in [0.1, 0.15) is 33.8 Å². The Bertz CT molecular complexity index is 726. The zero-order valence-corrected chi connectivity index (χ0v) is 15.3. The molecule has 2 aromatic rings. The first-order valence-corrected chi connectivity index (χ1v) is 9.22. The van der Waals surface area contributed by atoms with Crippen LogP contribution < -0.4 is 15.4 Å². The molecule has 0 spiro atoms. The number of carbonyl (C=O) groups is 1. The Labute approximate surface area is 151 Å². The molecule has 1 fully saturated rings. The molecule has 0 unspecified atom stereocenters. The number of thiazole rings is 1. The maximum atomic E-state index is 12.5. The number of anilines is 1. The lowest BCUT2D eigenvalue weighted by atomic mass is 10.2. The predicted octanol–water partition coefficient (Wildman–Crippen LogP) is 2.98. The standard InChI is InChI=1S/C18H23N3O3S/c1-12-16(25-18(21-12)20-11-14-7-5-9-24-14)17(22)19-10-13-6-3-4-8-15(13)23-2/h3-4,6,8,14H,5,7,9-11H2,1-2H3,(H,19,22)(H,20,21)/t14-/m0/s1. The van der Waals surface area contributed by atoms with Crippen molar-refractivity contribution in [1.82, 2.24) is 10.3 Å². The van der Waals surface area contributed by atoms with Crippen molar-refractivity contribution in [3.05, 3.63) is 40.4 Å². The molecule has 0 bridgehead atoms. The van der Waals surface area contributed by atoms with Gasteiger partial charge in [0.2, 0.25) is 0 Å². The SMILES string of the molecule is COc1ccccc1CNC(=O)c1sc(NC[C@@H]2CCCO2)nc1C. The first-order valence-electron chi connectivity index (χ1n) is 8.40. The third-order valence-corrected chi connectivity index (χ3v) is 5.25. The molecule has 6 nitrogen and oxygen atoms in total. The zero-order chi connectivity index (χ0) is 17.6. The van der Waals surface area contributed by atoms with E-state index >= 15 is 0 Å². The van der Waals surface area contributed by atoms with Crippen molar-refractivity contribution in [2.75, 3.05) is 25.6 Å². The molecule has 7 heteroatoms. The van der Waals surface area contributed by atoms with Gasteiger partial charge in [0.1, 0.15) is 10.6 Å². The van der Waals surface area contributed by atoms with E-state index in [1.807, 2.05) is 31.2 Å². The van der Waals surface area contributed by atoms with E-state index in [-0.39, 0.29) is 12.0 Å². The van der Waals surface area contributed by atoms with Gasteiger partial charge in [0.15, 0.2) is 5.13 Å². The van der Waals surface area contributed by atoms with E-state index in [4.69, 9.17) is 9.47 Å². The molecule has 3 rings (SSSR count). The number of hydrogen-bond donors (Lipinski definition) is 2. The Morgan fingerprint density at radius 3 is 3.04 bits per heavy atom. The molecule has 1 saturated heterocycles. The molecule has 1 aromatic carbocycles. The third-order valence-electron chi connectivity index (χ3n) is 4.14. The van der Waals surface area contributed by atoms with Crippen LogP contribution in [-0.2, 0) is 11.3 Å². The molecule has 1 amide bonds. The molecule has 2 N–H and O–H groups in total. The van der Waals surface area contributed by atoms with Gasteiger partial charge in [0.05, 0.1) is 18.9 Å². The number of carbonyl (C=O) groups excluding carboxylic acids is 1. The van der Waals surface area contributed by atoms with E-state index in [1.54, 1.807) is 7.11 Å². The van der Waals surface area contributed by atoms with E-state index in [0.717, 1.165) is 48.1 Å². The first kappa shape index (κ1) is 17.7. The van der Waals surface area contributed by atoms with Gasteiger partial charge in [0.25, 0.3) is 5.91 Å². The number of nitrogens with zero attached hydrogens (tertiary/aromatic N) is 1. The monoisotopic (exact) mass is 361 g/mol. The largest absolute Gasteiger partial charge is 0.496 e. The summed E-state index contributed by atoms with van der Waals surface area (Å²) in [5, 5.41) is 6.98. The third kappa shape index (κ3) is 4.49. The summed E-state index contributed by atoms with van der Waals surface area (Å²) in [6.07, 6.45) is 2.43. The van der Waals surface area contributed by atoms with Crippen molar-refractivity contribution in [2.45, 2.75) is 32.4 Å². The zero-order valence-electron chi connectivity index (χ0n) is 14.5. The smallest absolute Gasteiger partial charge is 0.263 e. The highest BCUT2D eigenvalue weighted by atomic mass is 32.1. The summed E-state index contributed by atoms with van der Waals surface area (Å²) >= 11 is 1.37.